The van der Waals surface area contributed by atoms with Crippen molar-refractivity contribution in [1.82, 2.24) is 14.1 Å². The molecule has 2 aromatic rings. The molecule has 23 heavy (non-hydrogen) atoms. The standard InChI is InChI=1S/C16H24N4O2S/c1-13-16(14(2)19(3)18-13)23(21,22)20(11-7-10-17)12-15-8-5-4-6-9-15/h4-6,8-9H,7,10-12,17H2,1-3H3. The van der Waals surface area contributed by atoms with E-state index in [0.717, 1.165) is 5.56 Å². The molecular weight excluding hydrogens is 312 g/mol. The Kier molecular flexibility index (Phi) is 5.56. The van der Waals surface area contributed by atoms with Crippen LogP contribution in [0.4, 0.5) is 0 Å². The molecule has 7 heteroatoms. The van der Waals surface area contributed by atoms with Gasteiger partial charge in [-0.15, -0.1) is 0 Å². The van der Waals surface area contributed by atoms with Crippen LogP contribution in [0.3, 0.4) is 0 Å². The van der Waals surface area contributed by atoms with E-state index in [-0.39, 0.29) is 0 Å². The van der Waals surface area contributed by atoms with E-state index in [1.807, 2.05) is 30.3 Å². The van der Waals surface area contributed by atoms with Crippen molar-refractivity contribution in [3.63, 3.8) is 0 Å². The number of rotatable bonds is 7. The third-order valence-electron chi connectivity index (χ3n) is 3.85. The molecule has 0 aliphatic carbocycles. The van der Waals surface area contributed by atoms with E-state index in [1.165, 1.54) is 4.31 Å². The molecule has 6 nitrogen and oxygen atoms in total. The van der Waals surface area contributed by atoms with Crippen LogP contribution >= 0.6 is 0 Å². The lowest BCUT2D eigenvalue weighted by Crippen LogP contribution is -2.33. The molecule has 1 heterocycles. The zero-order chi connectivity index (χ0) is 17.0. The van der Waals surface area contributed by atoms with Gasteiger partial charge in [0.1, 0.15) is 4.90 Å². The normalized spacial score (nSPS) is 12.0. The molecule has 2 rings (SSSR count). The van der Waals surface area contributed by atoms with E-state index in [2.05, 4.69) is 5.10 Å². The van der Waals surface area contributed by atoms with Crippen LogP contribution in [0.15, 0.2) is 35.2 Å². The molecule has 0 saturated heterocycles. The summed E-state index contributed by atoms with van der Waals surface area (Å²) < 4.78 is 29.4. The van der Waals surface area contributed by atoms with E-state index in [4.69, 9.17) is 5.73 Å². The second-order valence-electron chi connectivity index (χ2n) is 5.59. The SMILES string of the molecule is Cc1nn(C)c(C)c1S(=O)(=O)N(CCCN)Cc1ccccc1. The van der Waals surface area contributed by atoms with E-state index in [0.29, 0.717) is 42.3 Å². The average Bonchev–Trinajstić information content (AvgIpc) is 2.77. The molecule has 0 spiro atoms. The van der Waals surface area contributed by atoms with Crippen LogP contribution in [-0.2, 0) is 23.6 Å². The first kappa shape index (κ1) is 17.7. The van der Waals surface area contributed by atoms with Crippen LogP contribution in [0, 0.1) is 13.8 Å². The topological polar surface area (TPSA) is 81.2 Å². The lowest BCUT2D eigenvalue weighted by atomic mass is 10.2. The molecule has 0 saturated carbocycles. The number of hydrogen-bond donors (Lipinski definition) is 1. The Morgan fingerprint density at radius 1 is 1.22 bits per heavy atom. The fourth-order valence-corrected chi connectivity index (χ4v) is 4.46. The van der Waals surface area contributed by atoms with Crippen molar-refractivity contribution in [2.24, 2.45) is 12.8 Å². The highest BCUT2D eigenvalue weighted by atomic mass is 32.2. The minimum atomic E-state index is -3.62. The minimum absolute atomic E-state index is 0.299. The average molecular weight is 336 g/mol. The maximum Gasteiger partial charge on any atom is 0.247 e. The van der Waals surface area contributed by atoms with Gasteiger partial charge in [0.15, 0.2) is 0 Å². The molecule has 0 fully saturated rings. The van der Waals surface area contributed by atoms with Gasteiger partial charge in [0.25, 0.3) is 0 Å². The smallest absolute Gasteiger partial charge is 0.247 e. The zero-order valence-corrected chi connectivity index (χ0v) is 14.7. The molecule has 1 aromatic carbocycles. The first-order chi connectivity index (χ1) is 10.9. The highest BCUT2D eigenvalue weighted by Crippen LogP contribution is 2.24. The highest BCUT2D eigenvalue weighted by molar-refractivity contribution is 7.89. The molecule has 126 valence electrons. The summed E-state index contributed by atoms with van der Waals surface area (Å²) in [5, 5.41) is 4.23. The quantitative estimate of drug-likeness (QED) is 0.832. The van der Waals surface area contributed by atoms with Gasteiger partial charge < -0.3 is 5.73 Å². The molecule has 0 amide bonds. The molecule has 0 radical (unpaired) electrons. The lowest BCUT2D eigenvalue weighted by molar-refractivity contribution is 0.401. The van der Waals surface area contributed by atoms with Crippen molar-refractivity contribution in [1.29, 1.82) is 0 Å². The third-order valence-corrected chi connectivity index (χ3v) is 5.95. The summed E-state index contributed by atoms with van der Waals surface area (Å²) in [5.41, 5.74) is 7.70. The first-order valence-electron chi connectivity index (χ1n) is 7.62. The van der Waals surface area contributed by atoms with Crippen LogP contribution in [0.2, 0.25) is 0 Å². The zero-order valence-electron chi connectivity index (χ0n) is 13.9. The Morgan fingerprint density at radius 2 is 1.87 bits per heavy atom. The Balaban J connectivity index is 2.40. The van der Waals surface area contributed by atoms with Gasteiger partial charge in [0.2, 0.25) is 10.0 Å². The summed E-state index contributed by atoms with van der Waals surface area (Å²) in [7, 11) is -1.86. The van der Waals surface area contributed by atoms with Crippen molar-refractivity contribution < 1.29 is 8.42 Å². The summed E-state index contributed by atoms with van der Waals surface area (Å²) >= 11 is 0. The Bertz CT molecular complexity index is 754. The predicted octanol–water partition coefficient (Wildman–Crippen LogP) is 1.58. The molecule has 0 atom stereocenters. The number of nitrogens with two attached hydrogens (primary N) is 1. The largest absolute Gasteiger partial charge is 0.330 e. The summed E-state index contributed by atoms with van der Waals surface area (Å²) in [6, 6.07) is 9.58. The number of aromatic nitrogens is 2. The van der Waals surface area contributed by atoms with Crippen molar-refractivity contribution in [2.45, 2.75) is 31.7 Å². The molecule has 0 unspecified atom stereocenters. The molecule has 0 bridgehead atoms. The maximum absolute atomic E-state index is 13.1. The maximum atomic E-state index is 13.1. The highest BCUT2D eigenvalue weighted by Gasteiger charge is 2.30. The summed E-state index contributed by atoms with van der Waals surface area (Å²) in [4.78, 5) is 0.299. The Morgan fingerprint density at radius 3 is 2.39 bits per heavy atom. The Hall–Kier alpha value is -1.70. The van der Waals surface area contributed by atoms with Crippen molar-refractivity contribution in [3.05, 3.63) is 47.3 Å². The van der Waals surface area contributed by atoms with Crippen LogP contribution < -0.4 is 5.73 Å². The second kappa shape index (κ2) is 7.25. The second-order valence-corrected chi connectivity index (χ2v) is 7.46. The van der Waals surface area contributed by atoms with E-state index in [9.17, 15) is 8.42 Å². The first-order valence-corrected chi connectivity index (χ1v) is 9.06. The van der Waals surface area contributed by atoms with E-state index < -0.39 is 10.0 Å². The molecule has 1 aromatic heterocycles. The van der Waals surface area contributed by atoms with Gasteiger partial charge in [-0.2, -0.15) is 9.40 Å². The van der Waals surface area contributed by atoms with Crippen LogP contribution in [0.5, 0.6) is 0 Å². The van der Waals surface area contributed by atoms with Crippen molar-refractivity contribution in [2.75, 3.05) is 13.1 Å². The van der Waals surface area contributed by atoms with Gasteiger partial charge in [-0.1, -0.05) is 30.3 Å². The van der Waals surface area contributed by atoms with Crippen LogP contribution in [0.1, 0.15) is 23.4 Å². The van der Waals surface area contributed by atoms with Crippen LogP contribution in [-0.4, -0.2) is 35.6 Å². The number of benzene rings is 1. The van der Waals surface area contributed by atoms with Crippen LogP contribution in [0.25, 0.3) is 0 Å². The minimum Gasteiger partial charge on any atom is -0.330 e. The Labute approximate surface area is 138 Å². The van der Waals surface area contributed by atoms with Gasteiger partial charge in [-0.3, -0.25) is 4.68 Å². The summed E-state index contributed by atoms with van der Waals surface area (Å²) in [5.74, 6) is 0. The summed E-state index contributed by atoms with van der Waals surface area (Å²) in [6.45, 7) is 4.67. The molecule has 0 aliphatic heterocycles. The van der Waals surface area contributed by atoms with E-state index in [1.54, 1.807) is 25.6 Å². The van der Waals surface area contributed by atoms with Gasteiger partial charge in [-0.25, -0.2) is 8.42 Å². The molecular formula is C16H24N4O2S. The fraction of sp³-hybridized carbons (Fsp3) is 0.438. The van der Waals surface area contributed by atoms with Crippen molar-refractivity contribution in [3.8, 4) is 0 Å². The van der Waals surface area contributed by atoms with Gasteiger partial charge in [0.05, 0.1) is 11.4 Å². The van der Waals surface area contributed by atoms with Gasteiger partial charge in [0, 0.05) is 20.1 Å². The number of sulfonamides is 1. The number of aryl methyl sites for hydroxylation is 2. The van der Waals surface area contributed by atoms with E-state index >= 15 is 0 Å². The predicted molar refractivity (Wildman–Crippen MR) is 90.4 cm³/mol. The number of hydrogen-bond acceptors (Lipinski definition) is 4. The fourth-order valence-electron chi connectivity index (χ4n) is 2.60. The molecule has 2 N–H and O–H groups in total. The lowest BCUT2D eigenvalue weighted by Gasteiger charge is -2.22. The van der Waals surface area contributed by atoms with Crippen molar-refractivity contribution >= 4 is 10.0 Å². The number of nitrogens with zero attached hydrogens (tertiary/aromatic N) is 3. The monoisotopic (exact) mass is 336 g/mol. The third kappa shape index (κ3) is 3.80. The summed E-state index contributed by atoms with van der Waals surface area (Å²) in [6.07, 6.45) is 0.615. The van der Waals surface area contributed by atoms with Gasteiger partial charge in [-0.05, 0) is 32.4 Å². The van der Waals surface area contributed by atoms with Gasteiger partial charge >= 0.3 is 0 Å². The molecule has 0 aliphatic rings.